The first-order valence-electron chi connectivity index (χ1n) is 5.10. The molecule has 0 unspecified atom stereocenters. The maximum absolute atomic E-state index is 11.3. The van der Waals surface area contributed by atoms with Gasteiger partial charge >= 0.3 is 5.97 Å². The Morgan fingerprint density at radius 1 is 1.40 bits per heavy atom. The molecule has 1 aliphatic rings. The summed E-state index contributed by atoms with van der Waals surface area (Å²) in [6.45, 7) is 0.587. The van der Waals surface area contributed by atoms with Crippen molar-refractivity contribution in [3.63, 3.8) is 0 Å². The van der Waals surface area contributed by atoms with Crippen LogP contribution in [-0.2, 0) is 9.59 Å². The molecule has 1 aliphatic carbocycles. The summed E-state index contributed by atoms with van der Waals surface area (Å²) in [6, 6.07) is 0. The maximum atomic E-state index is 11.3. The molecular formula is C11H15NO3. The van der Waals surface area contributed by atoms with Crippen LogP contribution in [0, 0.1) is 24.2 Å². The van der Waals surface area contributed by atoms with Crippen molar-refractivity contribution in [2.24, 2.45) is 11.8 Å². The van der Waals surface area contributed by atoms with Gasteiger partial charge in [0.15, 0.2) is 0 Å². The highest BCUT2D eigenvalue weighted by atomic mass is 16.4. The van der Waals surface area contributed by atoms with Crippen LogP contribution in [0.25, 0.3) is 0 Å². The van der Waals surface area contributed by atoms with Crippen LogP contribution < -0.4 is 5.32 Å². The number of amides is 1. The molecule has 82 valence electrons. The third-order valence-electron chi connectivity index (χ3n) is 2.49. The molecule has 1 saturated carbocycles. The van der Waals surface area contributed by atoms with Gasteiger partial charge in [0, 0.05) is 13.0 Å². The lowest BCUT2D eigenvalue weighted by Crippen LogP contribution is -2.27. The fraction of sp³-hybridized carbons (Fsp3) is 0.636. The fourth-order valence-corrected chi connectivity index (χ4v) is 1.45. The van der Waals surface area contributed by atoms with E-state index in [1.165, 1.54) is 0 Å². The topological polar surface area (TPSA) is 66.4 Å². The minimum Gasteiger partial charge on any atom is -0.481 e. The Kier molecular flexibility index (Phi) is 4.17. The number of terminal acetylenes is 1. The molecule has 1 rings (SSSR count). The number of nitrogens with one attached hydrogen (secondary N) is 1. The van der Waals surface area contributed by atoms with E-state index in [0.717, 1.165) is 19.3 Å². The van der Waals surface area contributed by atoms with Crippen LogP contribution in [0.4, 0.5) is 0 Å². The molecule has 0 heterocycles. The molecule has 0 spiro atoms. The highest BCUT2D eigenvalue weighted by Crippen LogP contribution is 2.38. The average molecular weight is 209 g/mol. The molecule has 2 atom stereocenters. The van der Waals surface area contributed by atoms with Crippen LogP contribution in [0.2, 0.25) is 0 Å². The van der Waals surface area contributed by atoms with Crippen molar-refractivity contribution in [1.82, 2.24) is 5.32 Å². The van der Waals surface area contributed by atoms with E-state index in [1.54, 1.807) is 0 Å². The van der Waals surface area contributed by atoms with E-state index in [4.69, 9.17) is 11.5 Å². The Labute approximate surface area is 89.0 Å². The Bertz CT molecular complexity index is 293. The first-order valence-corrected chi connectivity index (χ1v) is 5.10. The molecular weight excluding hydrogens is 194 g/mol. The first kappa shape index (κ1) is 11.6. The van der Waals surface area contributed by atoms with E-state index in [0.29, 0.717) is 13.0 Å². The van der Waals surface area contributed by atoms with Gasteiger partial charge in [-0.25, -0.2) is 0 Å². The summed E-state index contributed by atoms with van der Waals surface area (Å²) in [6.07, 6.45) is 8.01. The lowest BCUT2D eigenvalue weighted by Gasteiger charge is -2.02. The van der Waals surface area contributed by atoms with Crippen LogP contribution in [-0.4, -0.2) is 23.5 Å². The zero-order chi connectivity index (χ0) is 11.3. The zero-order valence-electron chi connectivity index (χ0n) is 8.53. The Morgan fingerprint density at radius 3 is 2.67 bits per heavy atom. The standard InChI is InChI=1S/C11H15NO3/c1-2-3-4-5-6-12-10(13)8-7-9(8)11(14)15/h1,8-9H,3-7H2,(H,12,13)(H,14,15)/t8-,9+/m1/s1. The SMILES string of the molecule is C#CCCCCNC(=O)[C@@H]1C[C@@H]1C(=O)O. The lowest BCUT2D eigenvalue weighted by molar-refractivity contribution is -0.140. The average Bonchev–Trinajstić information content (AvgIpc) is 2.96. The second kappa shape index (κ2) is 5.40. The lowest BCUT2D eigenvalue weighted by atomic mass is 10.2. The normalized spacial score (nSPS) is 22.9. The highest BCUT2D eigenvalue weighted by Gasteiger charge is 2.48. The third-order valence-corrected chi connectivity index (χ3v) is 2.49. The van der Waals surface area contributed by atoms with Gasteiger partial charge in [0.25, 0.3) is 0 Å². The molecule has 0 aromatic carbocycles. The number of hydrogen-bond donors (Lipinski definition) is 2. The molecule has 1 amide bonds. The van der Waals surface area contributed by atoms with Gasteiger partial charge in [0.05, 0.1) is 11.8 Å². The predicted molar refractivity (Wildman–Crippen MR) is 54.9 cm³/mol. The van der Waals surface area contributed by atoms with Gasteiger partial charge in [0.1, 0.15) is 0 Å². The zero-order valence-corrected chi connectivity index (χ0v) is 8.53. The quantitative estimate of drug-likeness (QED) is 0.498. The van der Waals surface area contributed by atoms with Crippen molar-refractivity contribution in [2.45, 2.75) is 25.7 Å². The van der Waals surface area contributed by atoms with Gasteiger partial charge in [-0.05, 0) is 19.3 Å². The summed E-state index contributed by atoms with van der Waals surface area (Å²) < 4.78 is 0. The van der Waals surface area contributed by atoms with E-state index < -0.39 is 11.9 Å². The molecule has 0 aromatic heterocycles. The molecule has 1 fully saturated rings. The number of carboxylic acid groups (broad SMARTS) is 1. The summed E-state index contributed by atoms with van der Waals surface area (Å²) in [7, 11) is 0. The van der Waals surface area contributed by atoms with Crippen molar-refractivity contribution in [3.8, 4) is 12.3 Å². The number of aliphatic carboxylic acids is 1. The van der Waals surface area contributed by atoms with Crippen LogP contribution in [0.3, 0.4) is 0 Å². The van der Waals surface area contributed by atoms with Gasteiger partial charge in [-0.3, -0.25) is 9.59 Å². The number of carbonyl (C=O) groups is 2. The summed E-state index contributed by atoms with van der Waals surface area (Å²) >= 11 is 0. The smallest absolute Gasteiger partial charge is 0.307 e. The third kappa shape index (κ3) is 3.62. The Balaban J connectivity index is 2.06. The molecule has 0 radical (unpaired) electrons. The second-order valence-electron chi connectivity index (χ2n) is 3.74. The van der Waals surface area contributed by atoms with Gasteiger partial charge in [0.2, 0.25) is 5.91 Å². The summed E-state index contributed by atoms with van der Waals surface area (Å²) in [5.41, 5.74) is 0. The van der Waals surface area contributed by atoms with Gasteiger partial charge < -0.3 is 10.4 Å². The van der Waals surface area contributed by atoms with Crippen LogP contribution in [0.15, 0.2) is 0 Å². The number of hydrogen-bond acceptors (Lipinski definition) is 2. The molecule has 15 heavy (non-hydrogen) atoms. The second-order valence-corrected chi connectivity index (χ2v) is 3.74. The van der Waals surface area contributed by atoms with Crippen molar-refractivity contribution < 1.29 is 14.7 Å². The van der Waals surface area contributed by atoms with Crippen LogP contribution >= 0.6 is 0 Å². The minimum absolute atomic E-state index is 0.136. The molecule has 4 nitrogen and oxygen atoms in total. The molecule has 0 aliphatic heterocycles. The fourth-order valence-electron chi connectivity index (χ4n) is 1.45. The molecule has 4 heteroatoms. The largest absolute Gasteiger partial charge is 0.481 e. The monoisotopic (exact) mass is 209 g/mol. The van der Waals surface area contributed by atoms with Crippen LogP contribution in [0.1, 0.15) is 25.7 Å². The van der Waals surface area contributed by atoms with E-state index in [2.05, 4.69) is 11.2 Å². The van der Waals surface area contributed by atoms with Gasteiger partial charge in [-0.1, -0.05) is 0 Å². The summed E-state index contributed by atoms with van der Waals surface area (Å²) in [4.78, 5) is 21.8. The Morgan fingerprint density at radius 2 is 2.13 bits per heavy atom. The molecule has 0 saturated heterocycles. The van der Waals surface area contributed by atoms with E-state index in [9.17, 15) is 9.59 Å². The van der Waals surface area contributed by atoms with E-state index >= 15 is 0 Å². The predicted octanol–water partition coefficient (Wildman–Crippen LogP) is 0.627. The molecule has 0 bridgehead atoms. The highest BCUT2D eigenvalue weighted by molar-refractivity contribution is 5.89. The Hall–Kier alpha value is -1.50. The van der Waals surface area contributed by atoms with Crippen molar-refractivity contribution in [3.05, 3.63) is 0 Å². The molecule has 0 aromatic rings. The summed E-state index contributed by atoms with van der Waals surface area (Å²) in [5, 5.41) is 11.3. The van der Waals surface area contributed by atoms with Crippen molar-refractivity contribution in [2.75, 3.05) is 6.54 Å². The number of unbranched alkanes of at least 4 members (excludes halogenated alkanes) is 2. The van der Waals surface area contributed by atoms with E-state index in [-0.39, 0.29) is 11.8 Å². The van der Waals surface area contributed by atoms with Gasteiger partial charge in [-0.15, -0.1) is 12.3 Å². The number of rotatable bonds is 6. The summed E-state index contributed by atoms with van der Waals surface area (Å²) in [5.74, 6) is 0.741. The maximum Gasteiger partial charge on any atom is 0.307 e. The minimum atomic E-state index is -0.873. The first-order chi connectivity index (χ1) is 7.16. The number of carbonyl (C=O) groups excluding carboxylic acids is 1. The van der Waals surface area contributed by atoms with Crippen LogP contribution in [0.5, 0.6) is 0 Å². The van der Waals surface area contributed by atoms with Crippen molar-refractivity contribution in [1.29, 1.82) is 0 Å². The van der Waals surface area contributed by atoms with Gasteiger partial charge in [-0.2, -0.15) is 0 Å². The molecule has 2 N–H and O–H groups in total. The van der Waals surface area contributed by atoms with Crippen molar-refractivity contribution >= 4 is 11.9 Å². The number of carboxylic acids is 1. The van der Waals surface area contributed by atoms with E-state index in [1.807, 2.05) is 0 Å².